The summed E-state index contributed by atoms with van der Waals surface area (Å²) in [6.07, 6.45) is 9.87. The standard InChI is InChI=1S/C27H32N2O3/c1-3-21(4-2)31-18-24-22-11-8-12-25(30)23(22)13-14-26(24)32-27(17-29-16-15-28-19-29)20-9-6-5-7-10-20/h5-7,9-10,13-16,19,21,27H,3-4,8,11-12,17-18H2,1-2H3/t27-/m1/s1. The predicted molar refractivity (Wildman–Crippen MR) is 125 cm³/mol. The van der Waals surface area contributed by atoms with Crippen LogP contribution in [0.1, 0.15) is 72.7 Å². The highest BCUT2D eigenvalue weighted by molar-refractivity contribution is 5.99. The first-order valence-electron chi connectivity index (χ1n) is 11.7. The number of ether oxygens (including phenoxy) is 2. The van der Waals surface area contributed by atoms with Crippen LogP contribution in [0.25, 0.3) is 0 Å². The van der Waals surface area contributed by atoms with E-state index in [4.69, 9.17) is 9.47 Å². The van der Waals surface area contributed by atoms with Crippen LogP contribution in [-0.2, 0) is 24.3 Å². The highest BCUT2D eigenvalue weighted by atomic mass is 16.5. The van der Waals surface area contributed by atoms with Crippen LogP contribution in [0.3, 0.4) is 0 Å². The van der Waals surface area contributed by atoms with Crippen LogP contribution < -0.4 is 4.74 Å². The number of hydrogen-bond donors (Lipinski definition) is 0. The van der Waals surface area contributed by atoms with E-state index in [1.807, 2.05) is 47.4 Å². The number of carbonyl (C=O) groups excluding carboxylic acids is 1. The first kappa shape index (κ1) is 22.3. The van der Waals surface area contributed by atoms with Crippen LogP contribution in [0, 0.1) is 0 Å². The van der Waals surface area contributed by atoms with E-state index in [0.29, 0.717) is 19.6 Å². The lowest BCUT2D eigenvalue weighted by molar-refractivity contribution is 0.0331. The van der Waals surface area contributed by atoms with Gasteiger partial charge in [0.05, 0.1) is 25.6 Å². The Hall–Kier alpha value is -2.92. The van der Waals surface area contributed by atoms with E-state index in [2.05, 4.69) is 31.0 Å². The minimum Gasteiger partial charge on any atom is -0.483 e. The molecule has 1 aliphatic carbocycles. The summed E-state index contributed by atoms with van der Waals surface area (Å²) in [6.45, 7) is 5.40. The molecule has 0 saturated heterocycles. The van der Waals surface area contributed by atoms with Crippen molar-refractivity contribution in [2.24, 2.45) is 0 Å². The summed E-state index contributed by atoms with van der Waals surface area (Å²) in [4.78, 5) is 16.7. The van der Waals surface area contributed by atoms with Gasteiger partial charge in [0.15, 0.2) is 5.78 Å². The fraction of sp³-hybridized carbons (Fsp3) is 0.407. The summed E-state index contributed by atoms with van der Waals surface area (Å²) in [7, 11) is 0. The Labute approximate surface area is 190 Å². The molecule has 1 aliphatic rings. The molecule has 1 heterocycles. The van der Waals surface area contributed by atoms with Crippen LogP contribution in [0.15, 0.2) is 61.2 Å². The number of carbonyl (C=O) groups is 1. The molecule has 5 heteroatoms. The van der Waals surface area contributed by atoms with Crippen LogP contribution >= 0.6 is 0 Å². The maximum absolute atomic E-state index is 12.6. The number of aromatic nitrogens is 2. The molecule has 168 valence electrons. The van der Waals surface area contributed by atoms with E-state index in [1.54, 1.807) is 6.20 Å². The van der Waals surface area contributed by atoms with Gasteiger partial charge in [-0.05, 0) is 48.9 Å². The number of rotatable bonds is 10. The van der Waals surface area contributed by atoms with Gasteiger partial charge in [-0.3, -0.25) is 4.79 Å². The molecule has 3 aromatic rings. The summed E-state index contributed by atoms with van der Waals surface area (Å²) < 4.78 is 14.9. The zero-order valence-corrected chi connectivity index (χ0v) is 19.0. The maximum Gasteiger partial charge on any atom is 0.163 e. The average molecular weight is 433 g/mol. The Morgan fingerprint density at radius 1 is 1.06 bits per heavy atom. The van der Waals surface area contributed by atoms with Crippen molar-refractivity contribution >= 4 is 5.78 Å². The normalized spacial score (nSPS) is 14.4. The van der Waals surface area contributed by atoms with Crippen molar-refractivity contribution in [2.75, 3.05) is 0 Å². The van der Waals surface area contributed by atoms with Gasteiger partial charge >= 0.3 is 0 Å². The Morgan fingerprint density at radius 3 is 2.59 bits per heavy atom. The van der Waals surface area contributed by atoms with Crippen LogP contribution in [0.2, 0.25) is 0 Å². The van der Waals surface area contributed by atoms with Crippen molar-refractivity contribution in [3.8, 4) is 5.75 Å². The molecule has 0 spiro atoms. The van der Waals surface area contributed by atoms with E-state index in [-0.39, 0.29) is 18.0 Å². The molecule has 2 aromatic carbocycles. The van der Waals surface area contributed by atoms with Crippen molar-refractivity contribution in [2.45, 2.75) is 71.3 Å². The second kappa shape index (κ2) is 10.6. The molecule has 32 heavy (non-hydrogen) atoms. The van der Waals surface area contributed by atoms with E-state index >= 15 is 0 Å². The molecular formula is C27H32N2O3. The van der Waals surface area contributed by atoms with Gasteiger partial charge in [-0.15, -0.1) is 0 Å². The Kier molecular flexibility index (Phi) is 7.38. The van der Waals surface area contributed by atoms with E-state index in [1.165, 1.54) is 0 Å². The second-order valence-corrected chi connectivity index (χ2v) is 8.37. The lowest BCUT2D eigenvalue weighted by Crippen LogP contribution is -2.19. The number of imidazole rings is 1. The number of Topliss-reactive ketones (excluding diaryl/α,β-unsaturated/α-hetero) is 1. The fourth-order valence-corrected chi connectivity index (χ4v) is 4.39. The minimum atomic E-state index is -0.186. The number of fused-ring (bicyclic) bond motifs is 1. The molecule has 4 rings (SSSR count). The molecular weight excluding hydrogens is 400 g/mol. The number of ketones is 1. The molecule has 5 nitrogen and oxygen atoms in total. The van der Waals surface area contributed by atoms with Gasteiger partial charge in [-0.2, -0.15) is 0 Å². The van der Waals surface area contributed by atoms with Gasteiger partial charge in [0.1, 0.15) is 11.9 Å². The molecule has 0 unspecified atom stereocenters. The van der Waals surface area contributed by atoms with Gasteiger partial charge in [-0.25, -0.2) is 4.98 Å². The summed E-state index contributed by atoms with van der Waals surface area (Å²) >= 11 is 0. The van der Waals surface area contributed by atoms with Crippen molar-refractivity contribution in [3.63, 3.8) is 0 Å². The van der Waals surface area contributed by atoms with Crippen LogP contribution in [0.5, 0.6) is 5.75 Å². The molecule has 0 N–H and O–H groups in total. The smallest absolute Gasteiger partial charge is 0.163 e. The summed E-state index contributed by atoms with van der Waals surface area (Å²) in [5.74, 6) is 1.03. The van der Waals surface area contributed by atoms with Gasteiger partial charge < -0.3 is 14.0 Å². The van der Waals surface area contributed by atoms with Crippen molar-refractivity contribution in [1.82, 2.24) is 9.55 Å². The Morgan fingerprint density at radius 2 is 1.88 bits per heavy atom. The minimum absolute atomic E-state index is 0.186. The van der Waals surface area contributed by atoms with Crippen LogP contribution in [-0.4, -0.2) is 21.4 Å². The summed E-state index contributed by atoms with van der Waals surface area (Å²) in [5.41, 5.74) is 4.05. The highest BCUT2D eigenvalue weighted by Gasteiger charge is 2.25. The molecule has 1 aromatic heterocycles. The quantitative estimate of drug-likeness (QED) is 0.399. The van der Waals surface area contributed by atoms with E-state index in [0.717, 1.165) is 53.7 Å². The fourth-order valence-electron chi connectivity index (χ4n) is 4.39. The number of hydrogen-bond acceptors (Lipinski definition) is 4. The topological polar surface area (TPSA) is 53.4 Å². The zero-order valence-electron chi connectivity index (χ0n) is 19.0. The number of benzene rings is 2. The summed E-state index contributed by atoms with van der Waals surface area (Å²) in [6, 6.07) is 14.1. The Bertz CT molecular complexity index is 1010. The third kappa shape index (κ3) is 5.10. The predicted octanol–water partition coefficient (Wildman–Crippen LogP) is 5.93. The molecule has 0 radical (unpaired) electrons. The first-order chi connectivity index (χ1) is 15.7. The van der Waals surface area contributed by atoms with Gasteiger partial charge in [0, 0.05) is 29.9 Å². The maximum atomic E-state index is 12.6. The molecule has 0 saturated carbocycles. The van der Waals surface area contributed by atoms with E-state index in [9.17, 15) is 4.79 Å². The lowest BCUT2D eigenvalue weighted by Gasteiger charge is -2.26. The largest absolute Gasteiger partial charge is 0.483 e. The molecule has 0 bridgehead atoms. The average Bonchev–Trinajstić information content (AvgIpc) is 3.34. The SMILES string of the molecule is CCC(CC)OCc1c(O[C@H](Cn2ccnc2)c2ccccc2)ccc2c1CCCC2=O. The lowest BCUT2D eigenvalue weighted by atomic mass is 9.87. The van der Waals surface area contributed by atoms with Gasteiger partial charge in [0.25, 0.3) is 0 Å². The Balaban J connectivity index is 1.69. The highest BCUT2D eigenvalue weighted by Crippen LogP contribution is 2.35. The third-order valence-electron chi connectivity index (χ3n) is 6.27. The summed E-state index contributed by atoms with van der Waals surface area (Å²) in [5, 5.41) is 0. The van der Waals surface area contributed by atoms with Crippen LogP contribution in [0.4, 0.5) is 0 Å². The van der Waals surface area contributed by atoms with Crippen molar-refractivity contribution in [3.05, 3.63) is 83.4 Å². The van der Waals surface area contributed by atoms with Gasteiger partial charge in [-0.1, -0.05) is 44.2 Å². The number of nitrogens with zero attached hydrogens (tertiary/aromatic N) is 2. The van der Waals surface area contributed by atoms with E-state index < -0.39 is 0 Å². The zero-order chi connectivity index (χ0) is 22.3. The molecule has 0 fully saturated rings. The second-order valence-electron chi connectivity index (χ2n) is 8.37. The molecule has 0 amide bonds. The van der Waals surface area contributed by atoms with Crippen molar-refractivity contribution < 1.29 is 14.3 Å². The van der Waals surface area contributed by atoms with Gasteiger partial charge in [0.2, 0.25) is 0 Å². The molecule has 0 aliphatic heterocycles. The molecule has 1 atom stereocenters. The third-order valence-corrected chi connectivity index (χ3v) is 6.27. The van der Waals surface area contributed by atoms with Crippen molar-refractivity contribution in [1.29, 1.82) is 0 Å². The first-order valence-corrected chi connectivity index (χ1v) is 11.7. The monoisotopic (exact) mass is 432 g/mol.